The number of carbonyl (C=O) groups excluding carboxylic acids is 1. The second kappa shape index (κ2) is 4.99. The van der Waals surface area contributed by atoms with Gasteiger partial charge in [-0.15, -0.1) is 0 Å². The van der Waals surface area contributed by atoms with Crippen molar-refractivity contribution in [1.82, 2.24) is 9.78 Å². The first-order valence-corrected chi connectivity index (χ1v) is 5.55. The van der Waals surface area contributed by atoms with Crippen LogP contribution in [0, 0.1) is 16.0 Å². The van der Waals surface area contributed by atoms with Crippen LogP contribution in [0.4, 0.5) is 0 Å². The average molecular weight is 251 g/mol. The van der Waals surface area contributed by atoms with E-state index in [2.05, 4.69) is 9.84 Å². The van der Waals surface area contributed by atoms with Crippen LogP contribution in [0.3, 0.4) is 0 Å². The lowest BCUT2D eigenvalue weighted by Crippen LogP contribution is -2.33. The van der Waals surface area contributed by atoms with E-state index in [-0.39, 0.29) is 17.9 Å². The van der Waals surface area contributed by atoms with Crippen molar-refractivity contribution in [3.05, 3.63) is 34.3 Å². The number of aromatic nitrogens is 2. The minimum absolute atomic E-state index is 0.0537. The molecule has 1 saturated carbocycles. The van der Waals surface area contributed by atoms with Gasteiger partial charge in [0.15, 0.2) is 0 Å². The molecule has 0 spiro atoms. The first-order valence-electron chi connectivity index (χ1n) is 5.55. The smallest absolute Gasteiger partial charge is 0.308 e. The highest BCUT2D eigenvalue weighted by atomic mass is 16.6. The fourth-order valence-electron chi connectivity index (χ4n) is 1.95. The van der Waals surface area contributed by atoms with Crippen LogP contribution in [-0.2, 0) is 9.53 Å². The molecule has 0 atom stereocenters. The number of hydrogen-bond acceptors (Lipinski definition) is 5. The SMILES string of the molecule is COC(=O)C1CC(n2ccc(/C=C/[N+](=O)[O-])n2)C1. The van der Waals surface area contributed by atoms with Crippen LogP contribution in [0.1, 0.15) is 24.6 Å². The summed E-state index contributed by atoms with van der Waals surface area (Å²) in [6.45, 7) is 0. The molecule has 0 amide bonds. The molecule has 0 bridgehead atoms. The Balaban J connectivity index is 1.93. The molecule has 96 valence electrons. The van der Waals surface area contributed by atoms with E-state index in [4.69, 9.17) is 0 Å². The maximum Gasteiger partial charge on any atom is 0.308 e. The van der Waals surface area contributed by atoms with E-state index in [1.54, 1.807) is 16.9 Å². The first-order chi connectivity index (χ1) is 8.60. The van der Waals surface area contributed by atoms with Crippen molar-refractivity contribution in [1.29, 1.82) is 0 Å². The molecule has 1 fully saturated rings. The summed E-state index contributed by atoms with van der Waals surface area (Å²) in [5, 5.41) is 14.4. The lowest BCUT2D eigenvalue weighted by atomic mass is 9.80. The van der Waals surface area contributed by atoms with Crippen molar-refractivity contribution >= 4 is 12.0 Å². The van der Waals surface area contributed by atoms with E-state index >= 15 is 0 Å². The zero-order valence-corrected chi connectivity index (χ0v) is 9.85. The number of rotatable bonds is 4. The number of ether oxygens (including phenoxy) is 1. The van der Waals surface area contributed by atoms with Crippen molar-refractivity contribution < 1.29 is 14.5 Å². The Morgan fingerprint density at radius 3 is 3.00 bits per heavy atom. The summed E-state index contributed by atoms with van der Waals surface area (Å²) in [5.41, 5.74) is 0.535. The third-order valence-electron chi connectivity index (χ3n) is 3.02. The average Bonchev–Trinajstić information content (AvgIpc) is 2.72. The van der Waals surface area contributed by atoms with Gasteiger partial charge in [0.2, 0.25) is 6.20 Å². The second-order valence-electron chi connectivity index (χ2n) is 4.17. The lowest BCUT2D eigenvalue weighted by molar-refractivity contribution is -0.401. The standard InChI is InChI=1S/C11H13N3O4/c1-18-11(15)8-6-10(7-8)13-4-2-9(12-13)3-5-14(16)17/h2-5,8,10H,6-7H2,1H3/b5-3+. The molecule has 1 aromatic heterocycles. The van der Waals surface area contributed by atoms with Gasteiger partial charge in [-0.1, -0.05) is 0 Å². The van der Waals surface area contributed by atoms with Crippen LogP contribution in [-0.4, -0.2) is 27.8 Å². The zero-order valence-electron chi connectivity index (χ0n) is 9.85. The zero-order chi connectivity index (χ0) is 13.1. The normalized spacial score (nSPS) is 22.7. The molecule has 1 aliphatic carbocycles. The molecule has 7 nitrogen and oxygen atoms in total. The quantitative estimate of drug-likeness (QED) is 0.456. The molecule has 0 N–H and O–H groups in total. The number of esters is 1. The van der Waals surface area contributed by atoms with Gasteiger partial charge in [0.05, 0.1) is 29.7 Å². The van der Waals surface area contributed by atoms with Gasteiger partial charge >= 0.3 is 5.97 Å². The van der Waals surface area contributed by atoms with Crippen LogP contribution < -0.4 is 0 Å². The Morgan fingerprint density at radius 2 is 2.39 bits per heavy atom. The van der Waals surface area contributed by atoms with E-state index < -0.39 is 4.92 Å². The van der Waals surface area contributed by atoms with Gasteiger partial charge in [-0.25, -0.2) is 0 Å². The van der Waals surface area contributed by atoms with E-state index in [0.717, 1.165) is 6.20 Å². The van der Waals surface area contributed by atoms with Crippen LogP contribution >= 0.6 is 0 Å². The third-order valence-corrected chi connectivity index (χ3v) is 3.02. The number of carbonyl (C=O) groups is 1. The van der Waals surface area contributed by atoms with Gasteiger partial charge in [-0.05, 0) is 18.9 Å². The molecule has 0 unspecified atom stereocenters. The minimum atomic E-state index is -0.532. The highest BCUT2D eigenvalue weighted by Crippen LogP contribution is 2.37. The number of nitro groups is 1. The van der Waals surface area contributed by atoms with E-state index in [1.165, 1.54) is 13.2 Å². The summed E-state index contributed by atoms with van der Waals surface area (Å²) in [6.07, 6.45) is 5.36. The summed E-state index contributed by atoms with van der Waals surface area (Å²) >= 11 is 0. The topological polar surface area (TPSA) is 87.3 Å². The summed E-state index contributed by atoms with van der Waals surface area (Å²) in [7, 11) is 1.38. The van der Waals surface area contributed by atoms with Crippen LogP contribution in [0.15, 0.2) is 18.5 Å². The number of methoxy groups -OCH3 is 1. The van der Waals surface area contributed by atoms with E-state index in [0.29, 0.717) is 18.5 Å². The second-order valence-corrected chi connectivity index (χ2v) is 4.17. The molecule has 0 saturated heterocycles. The van der Waals surface area contributed by atoms with Crippen molar-refractivity contribution in [2.24, 2.45) is 5.92 Å². The molecule has 0 radical (unpaired) electrons. The van der Waals surface area contributed by atoms with Gasteiger partial charge in [0.25, 0.3) is 0 Å². The molecule has 0 aliphatic heterocycles. The predicted octanol–water partition coefficient (Wildman–Crippen LogP) is 1.25. The summed E-state index contributed by atoms with van der Waals surface area (Å²) < 4.78 is 6.39. The van der Waals surface area contributed by atoms with Crippen molar-refractivity contribution in [3.63, 3.8) is 0 Å². The van der Waals surface area contributed by atoms with Crippen molar-refractivity contribution in [2.45, 2.75) is 18.9 Å². The van der Waals surface area contributed by atoms with Gasteiger partial charge in [0.1, 0.15) is 0 Å². The van der Waals surface area contributed by atoms with E-state index in [1.807, 2.05) is 0 Å². The Kier molecular flexibility index (Phi) is 3.40. The van der Waals surface area contributed by atoms with Gasteiger partial charge < -0.3 is 4.74 Å². The van der Waals surface area contributed by atoms with Gasteiger partial charge in [0, 0.05) is 12.3 Å². The minimum Gasteiger partial charge on any atom is -0.469 e. The molecule has 1 aromatic rings. The highest BCUT2D eigenvalue weighted by molar-refractivity contribution is 5.73. The molecule has 0 aromatic carbocycles. The maximum atomic E-state index is 11.2. The fourth-order valence-corrected chi connectivity index (χ4v) is 1.95. The van der Waals surface area contributed by atoms with Gasteiger partial charge in [-0.2, -0.15) is 5.10 Å². The molecule has 1 heterocycles. The predicted molar refractivity (Wildman–Crippen MR) is 62.0 cm³/mol. The molecule has 7 heteroatoms. The summed E-state index contributed by atoms with van der Waals surface area (Å²) in [6, 6.07) is 1.87. The Bertz CT molecular complexity index is 488. The molecule has 2 rings (SSSR count). The van der Waals surface area contributed by atoms with Crippen LogP contribution in [0.5, 0.6) is 0 Å². The van der Waals surface area contributed by atoms with Crippen molar-refractivity contribution in [2.75, 3.05) is 7.11 Å². The first kappa shape index (κ1) is 12.3. The molecular formula is C11H13N3O4. The molecule has 18 heavy (non-hydrogen) atoms. The fraction of sp³-hybridized carbons (Fsp3) is 0.455. The molecule has 1 aliphatic rings. The summed E-state index contributed by atoms with van der Waals surface area (Å²) in [5.74, 6) is -0.242. The maximum absolute atomic E-state index is 11.2. The highest BCUT2D eigenvalue weighted by Gasteiger charge is 2.36. The largest absolute Gasteiger partial charge is 0.469 e. The monoisotopic (exact) mass is 251 g/mol. The number of hydrogen-bond donors (Lipinski definition) is 0. The number of nitrogens with zero attached hydrogens (tertiary/aromatic N) is 3. The van der Waals surface area contributed by atoms with E-state index in [9.17, 15) is 14.9 Å². The van der Waals surface area contributed by atoms with Crippen LogP contribution in [0.2, 0.25) is 0 Å². The summed E-state index contributed by atoms with van der Waals surface area (Å²) in [4.78, 5) is 20.8. The molecular weight excluding hydrogens is 238 g/mol. The van der Waals surface area contributed by atoms with Crippen LogP contribution in [0.25, 0.3) is 6.08 Å². The lowest BCUT2D eigenvalue weighted by Gasteiger charge is -2.33. The Labute approximate surface area is 103 Å². The Morgan fingerprint density at radius 1 is 1.67 bits per heavy atom. The van der Waals surface area contributed by atoms with Gasteiger partial charge in [-0.3, -0.25) is 19.6 Å². The Hall–Kier alpha value is -2.18. The third kappa shape index (κ3) is 2.55. The van der Waals surface area contributed by atoms with Crippen molar-refractivity contribution in [3.8, 4) is 0 Å².